The van der Waals surface area contributed by atoms with E-state index in [0.29, 0.717) is 28.2 Å². The van der Waals surface area contributed by atoms with Gasteiger partial charge in [-0.1, -0.05) is 30.3 Å². The molecule has 0 aliphatic carbocycles. The van der Waals surface area contributed by atoms with Gasteiger partial charge < -0.3 is 15.7 Å². The third-order valence-electron chi connectivity index (χ3n) is 5.72. The summed E-state index contributed by atoms with van der Waals surface area (Å²) in [4.78, 5) is 15.9. The molecule has 2 heterocycles. The number of imidazole rings is 2. The quantitative estimate of drug-likeness (QED) is 0.181. The molecule has 0 saturated heterocycles. The van der Waals surface area contributed by atoms with Crippen molar-refractivity contribution >= 4 is 37.9 Å². The molecule has 0 aliphatic rings. The molecule has 0 bridgehead atoms. The highest BCUT2D eigenvalue weighted by Crippen LogP contribution is 2.26. The van der Waals surface area contributed by atoms with Crippen LogP contribution in [0.1, 0.15) is 35.6 Å². The second-order valence-corrected chi connectivity index (χ2v) is 9.87. The van der Waals surface area contributed by atoms with Gasteiger partial charge >= 0.3 is 0 Å². The molecule has 9 nitrogen and oxygen atoms in total. The highest BCUT2D eigenvalue weighted by molar-refractivity contribution is 7.89. The van der Waals surface area contributed by atoms with E-state index in [4.69, 9.17) is 11.1 Å². The number of aromatic nitrogens is 4. The van der Waals surface area contributed by atoms with E-state index in [2.05, 4.69) is 24.7 Å². The van der Waals surface area contributed by atoms with Gasteiger partial charge in [-0.15, -0.1) is 0 Å². The second kappa shape index (κ2) is 8.40. The summed E-state index contributed by atoms with van der Waals surface area (Å²) in [6.45, 7) is 2.17. The Hall–Kier alpha value is -4.02. The van der Waals surface area contributed by atoms with Gasteiger partial charge in [0, 0.05) is 12.1 Å². The summed E-state index contributed by atoms with van der Waals surface area (Å²) in [6, 6.07) is 19.6. The number of nitrogen functional groups attached to an aromatic ring is 1. The molecule has 0 spiro atoms. The van der Waals surface area contributed by atoms with E-state index in [0.717, 1.165) is 16.6 Å². The lowest BCUT2D eigenvalue weighted by molar-refractivity contribution is 0.581. The monoisotopic (exact) mass is 473 g/mol. The first-order valence-electron chi connectivity index (χ1n) is 10.7. The fourth-order valence-corrected chi connectivity index (χ4v) is 4.81. The molecule has 3 aromatic carbocycles. The average Bonchev–Trinajstić information content (AvgIpc) is 3.46. The zero-order valence-electron chi connectivity index (χ0n) is 18.3. The Morgan fingerprint density at radius 3 is 2.24 bits per heavy atom. The van der Waals surface area contributed by atoms with Crippen molar-refractivity contribution in [3.05, 3.63) is 89.5 Å². The van der Waals surface area contributed by atoms with Gasteiger partial charge in [0.05, 0.1) is 32.9 Å². The van der Waals surface area contributed by atoms with Crippen LogP contribution >= 0.6 is 0 Å². The van der Waals surface area contributed by atoms with E-state index in [9.17, 15) is 8.42 Å². The van der Waals surface area contributed by atoms with Crippen molar-refractivity contribution in [1.82, 2.24) is 24.7 Å². The van der Waals surface area contributed by atoms with Gasteiger partial charge in [0.25, 0.3) is 0 Å². The van der Waals surface area contributed by atoms with E-state index >= 15 is 0 Å². The number of nitrogens with two attached hydrogens (primary N) is 1. The maximum Gasteiger partial charge on any atom is 0.240 e. The molecule has 0 saturated carbocycles. The van der Waals surface area contributed by atoms with Crippen molar-refractivity contribution < 1.29 is 8.42 Å². The minimum atomic E-state index is -3.69. The number of hydrogen-bond donors (Lipinski definition) is 5. The second-order valence-electron chi connectivity index (χ2n) is 8.10. The van der Waals surface area contributed by atoms with Crippen LogP contribution < -0.4 is 10.5 Å². The van der Waals surface area contributed by atoms with Crippen LogP contribution in [0.4, 0.5) is 0 Å². The molecule has 10 heteroatoms. The van der Waals surface area contributed by atoms with Crippen LogP contribution in [-0.4, -0.2) is 34.2 Å². The van der Waals surface area contributed by atoms with E-state index in [1.807, 2.05) is 43.3 Å². The number of H-pyrrole nitrogens is 2. The molecule has 0 amide bonds. The molecule has 1 atom stereocenters. The number of nitrogens with zero attached hydrogens (tertiary/aromatic N) is 2. The Morgan fingerprint density at radius 2 is 1.59 bits per heavy atom. The number of benzene rings is 3. The highest BCUT2D eigenvalue weighted by Gasteiger charge is 2.19. The zero-order chi connectivity index (χ0) is 23.9. The molecule has 0 aliphatic heterocycles. The Labute approximate surface area is 196 Å². The molecule has 2 aromatic heterocycles. The van der Waals surface area contributed by atoms with Gasteiger partial charge in [0.2, 0.25) is 10.0 Å². The fourth-order valence-electron chi connectivity index (χ4n) is 3.77. The van der Waals surface area contributed by atoms with Crippen molar-refractivity contribution in [2.24, 2.45) is 5.73 Å². The minimum absolute atomic E-state index is 0.00704. The van der Waals surface area contributed by atoms with E-state index < -0.39 is 10.0 Å². The fraction of sp³-hybridized carbons (Fsp3) is 0.125. The summed E-state index contributed by atoms with van der Waals surface area (Å²) in [6.07, 6.45) is 0. The number of fused-ring (bicyclic) bond motifs is 2. The minimum Gasteiger partial charge on any atom is -0.384 e. The molecule has 0 radical (unpaired) electrons. The number of rotatable bonds is 7. The molecule has 5 aromatic rings. The predicted octanol–water partition coefficient (Wildman–Crippen LogP) is 3.35. The van der Waals surface area contributed by atoms with Crippen LogP contribution in [0.5, 0.6) is 0 Å². The summed E-state index contributed by atoms with van der Waals surface area (Å²) >= 11 is 0. The third-order valence-corrected chi connectivity index (χ3v) is 7.12. The summed E-state index contributed by atoms with van der Waals surface area (Å²) in [5, 5.41) is 7.61. The van der Waals surface area contributed by atoms with Gasteiger partial charge in [-0.05, 0) is 48.9 Å². The summed E-state index contributed by atoms with van der Waals surface area (Å²) in [7, 11) is -3.69. The van der Waals surface area contributed by atoms with Crippen molar-refractivity contribution in [3.63, 3.8) is 0 Å². The van der Waals surface area contributed by atoms with Crippen molar-refractivity contribution in [3.8, 4) is 0 Å². The van der Waals surface area contributed by atoms with Gasteiger partial charge in [-0.2, -0.15) is 0 Å². The SMILES string of the molecule is CC(c1nc2ccc(C(=N)N)cc2[nH]1)c1nc2ccc(S(=O)(=O)NCc3ccccc3)cc2[nH]1. The first-order valence-corrected chi connectivity index (χ1v) is 12.2. The standard InChI is InChI=1S/C24H23N7O2S/c1-14(23-28-18-9-7-16(22(25)26)11-20(18)30-23)24-29-19-10-8-17(12-21(19)31-24)34(32,33)27-13-15-5-3-2-4-6-15/h2-12,14,27H,13H2,1H3,(H3,25,26)(H,28,30)(H,29,31). The van der Waals surface area contributed by atoms with Crippen LogP contribution in [0, 0.1) is 5.41 Å². The zero-order valence-corrected chi connectivity index (χ0v) is 19.1. The lowest BCUT2D eigenvalue weighted by Gasteiger charge is -2.07. The lowest BCUT2D eigenvalue weighted by atomic mass is 10.1. The Balaban J connectivity index is 1.41. The van der Waals surface area contributed by atoms with Crippen LogP contribution in [0.15, 0.2) is 71.6 Å². The smallest absolute Gasteiger partial charge is 0.240 e. The maximum atomic E-state index is 12.8. The third kappa shape index (κ3) is 4.16. The largest absolute Gasteiger partial charge is 0.384 e. The van der Waals surface area contributed by atoms with Crippen molar-refractivity contribution in [2.45, 2.75) is 24.3 Å². The number of sulfonamides is 1. The van der Waals surface area contributed by atoms with E-state index in [-0.39, 0.29) is 23.2 Å². The van der Waals surface area contributed by atoms with Crippen LogP contribution in [-0.2, 0) is 16.6 Å². The van der Waals surface area contributed by atoms with E-state index in [1.54, 1.807) is 30.3 Å². The maximum absolute atomic E-state index is 12.8. The molecule has 1 unspecified atom stereocenters. The predicted molar refractivity (Wildman–Crippen MR) is 131 cm³/mol. The summed E-state index contributed by atoms with van der Waals surface area (Å²) in [5.41, 5.74) is 9.92. The Kier molecular flexibility index (Phi) is 5.39. The van der Waals surface area contributed by atoms with Crippen LogP contribution in [0.2, 0.25) is 0 Å². The normalized spacial score (nSPS) is 12.9. The van der Waals surface area contributed by atoms with Crippen LogP contribution in [0.25, 0.3) is 22.1 Å². The van der Waals surface area contributed by atoms with Gasteiger partial charge in [0.15, 0.2) is 0 Å². The molecule has 6 N–H and O–H groups in total. The molecule has 5 rings (SSSR count). The van der Waals surface area contributed by atoms with Crippen LogP contribution in [0.3, 0.4) is 0 Å². The Bertz CT molecular complexity index is 1620. The number of nitrogens with one attached hydrogen (secondary N) is 4. The number of hydrogen-bond acceptors (Lipinski definition) is 5. The summed E-state index contributed by atoms with van der Waals surface area (Å²) < 4.78 is 28.2. The summed E-state index contributed by atoms with van der Waals surface area (Å²) in [5.74, 6) is 1.16. The van der Waals surface area contributed by atoms with Gasteiger partial charge in [0.1, 0.15) is 17.5 Å². The van der Waals surface area contributed by atoms with Crippen molar-refractivity contribution in [1.29, 1.82) is 5.41 Å². The molecule has 172 valence electrons. The van der Waals surface area contributed by atoms with Crippen molar-refractivity contribution in [2.75, 3.05) is 0 Å². The number of amidine groups is 1. The lowest BCUT2D eigenvalue weighted by Crippen LogP contribution is -2.23. The van der Waals surface area contributed by atoms with E-state index in [1.165, 1.54) is 0 Å². The molecular formula is C24H23N7O2S. The Morgan fingerprint density at radius 1 is 0.971 bits per heavy atom. The topological polar surface area (TPSA) is 153 Å². The first-order chi connectivity index (χ1) is 16.3. The molecule has 34 heavy (non-hydrogen) atoms. The number of aromatic amines is 2. The van der Waals surface area contributed by atoms with Gasteiger partial charge in [-0.25, -0.2) is 23.1 Å². The first kappa shape index (κ1) is 21.8. The molecule has 0 fully saturated rings. The average molecular weight is 474 g/mol. The molecular weight excluding hydrogens is 450 g/mol. The highest BCUT2D eigenvalue weighted by atomic mass is 32.2. The van der Waals surface area contributed by atoms with Gasteiger partial charge in [-0.3, -0.25) is 5.41 Å².